The van der Waals surface area contributed by atoms with E-state index in [2.05, 4.69) is 5.32 Å². The summed E-state index contributed by atoms with van der Waals surface area (Å²) in [5.41, 5.74) is -0.170. The number of carbonyl (C=O) groups excluding carboxylic acids is 1. The van der Waals surface area contributed by atoms with Crippen LogP contribution in [0.2, 0.25) is 0 Å². The highest BCUT2D eigenvalue weighted by atomic mass is 32.2. The number of benzene rings is 1. The molecule has 1 aliphatic rings. The van der Waals surface area contributed by atoms with E-state index in [0.29, 0.717) is 18.8 Å². The third-order valence-electron chi connectivity index (χ3n) is 4.47. The van der Waals surface area contributed by atoms with Gasteiger partial charge in [-0.3, -0.25) is 4.79 Å². The summed E-state index contributed by atoms with van der Waals surface area (Å²) in [5.74, 6) is -0.576. The van der Waals surface area contributed by atoms with Gasteiger partial charge in [0.25, 0.3) is 5.91 Å². The van der Waals surface area contributed by atoms with E-state index in [1.165, 1.54) is 29.8 Å². The van der Waals surface area contributed by atoms with Crippen LogP contribution in [0.3, 0.4) is 0 Å². The van der Waals surface area contributed by atoms with Crippen molar-refractivity contribution in [2.45, 2.75) is 30.7 Å². The number of nitrogens with zero attached hydrogens (tertiary/aromatic N) is 1. The zero-order valence-corrected chi connectivity index (χ0v) is 15.8. The summed E-state index contributed by atoms with van der Waals surface area (Å²) < 4.78 is 37.5. The van der Waals surface area contributed by atoms with Gasteiger partial charge in [-0.2, -0.15) is 4.31 Å². The first-order valence-electron chi connectivity index (χ1n) is 8.65. The summed E-state index contributed by atoms with van der Waals surface area (Å²) >= 11 is 0. The molecule has 1 amide bonds. The molecule has 0 unspecified atom stereocenters. The molecule has 2 heterocycles. The molecule has 8 nitrogen and oxygen atoms in total. The second-order valence-corrected chi connectivity index (χ2v) is 8.19. The Kier molecular flexibility index (Phi) is 5.71. The standard InChI is InChI=1S/C18H22N2O6S/c1-25-16-11-14(27(23,24)20-7-3-2-4-8-20)10-15(17(16)21)18(22)19-12-13-6-5-9-26-13/h5-6,9-11,21H,2-4,7-8,12H2,1H3,(H,19,22). The monoisotopic (exact) mass is 394 g/mol. The first-order valence-corrected chi connectivity index (χ1v) is 10.1. The van der Waals surface area contributed by atoms with Gasteiger partial charge in [0.2, 0.25) is 10.0 Å². The largest absolute Gasteiger partial charge is 0.504 e. The maximum atomic E-state index is 12.9. The fraction of sp³-hybridized carbons (Fsp3) is 0.389. The van der Waals surface area contributed by atoms with Crippen LogP contribution in [0.25, 0.3) is 0 Å². The molecule has 2 aromatic rings. The minimum Gasteiger partial charge on any atom is -0.504 e. The third-order valence-corrected chi connectivity index (χ3v) is 6.35. The van der Waals surface area contributed by atoms with Gasteiger partial charge < -0.3 is 19.6 Å². The molecule has 9 heteroatoms. The maximum Gasteiger partial charge on any atom is 0.255 e. The van der Waals surface area contributed by atoms with Crippen molar-refractivity contribution in [1.29, 1.82) is 0 Å². The van der Waals surface area contributed by atoms with Crippen LogP contribution >= 0.6 is 0 Å². The molecule has 0 atom stereocenters. The Labute approximate surface area is 157 Å². The number of phenolic OH excluding ortho intramolecular Hbond substituents is 1. The highest BCUT2D eigenvalue weighted by molar-refractivity contribution is 7.89. The summed E-state index contributed by atoms with van der Waals surface area (Å²) in [7, 11) is -2.48. The van der Waals surface area contributed by atoms with Crippen molar-refractivity contribution in [3.05, 3.63) is 41.9 Å². The Morgan fingerprint density at radius 3 is 2.67 bits per heavy atom. The number of hydrogen-bond donors (Lipinski definition) is 2. The molecular weight excluding hydrogens is 372 g/mol. The van der Waals surface area contributed by atoms with Crippen LogP contribution < -0.4 is 10.1 Å². The number of amides is 1. The number of methoxy groups -OCH3 is 1. The van der Waals surface area contributed by atoms with Gasteiger partial charge in [0.15, 0.2) is 11.5 Å². The smallest absolute Gasteiger partial charge is 0.255 e. The summed E-state index contributed by atoms with van der Waals surface area (Å²) in [6.45, 7) is 0.980. The Morgan fingerprint density at radius 1 is 1.30 bits per heavy atom. The lowest BCUT2D eigenvalue weighted by Crippen LogP contribution is -2.35. The number of ether oxygens (including phenoxy) is 1. The molecule has 0 spiro atoms. The van der Waals surface area contributed by atoms with Gasteiger partial charge in [-0.25, -0.2) is 8.42 Å². The van der Waals surface area contributed by atoms with Gasteiger partial charge in [-0.15, -0.1) is 0 Å². The average molecular weight is 394 g/mol. The van der Waals surface area contributed by atoms with E-state index in [0.717, 1.165) is 19.3 Å². The first-order chi connectivity index (χ1) is 12.9. The van der Waals surface area contributed by atoms with Crippen molar-refractivity contribution in [2.75, 3.05) is 20.2 Å². The first kappa shape index (κ1) is 19.2. The Bertz CT molecular complexity index is 902. The van der Waals surface area contributed by atoms with Gasteiger partial charge in [-0.1, -0.05) is 6.42 Å². The van der Waals surface area contributed by atoms with E-state index in [-0.39, 0.29) is 22.8 Å². The second kappa shape index (κ2) is 8.01. The number of piperidine rings is 1. The summed E-state index contributed by atoms with van der Waals surface area (Å²) in [6.07, 6.45) is 4.06. The van der Waals surface area contributed by atoms with Crippen LogP contribution in [0, 0.1) is 0 Å². The number of aromatic hydroxyl groups is 1. The van der Waals surface area contributed by atoms with Gasteiger partial charge >= 0.3 is 0 Å². The number of sulfonamides is 1. The summed E-state index contributed by atoms with van der Waals surface area (Å²) in [5, 5.41) is 12.9. The lowest BCUT2D eigenvalue weighted by molar-refractivity contribution is 0.0944. The van der Waals surface area contributed by atoms with Crippen LogP contribution in [-0.4, -0.2) is 43.9 Å². The lowest BCUT2D eigenvalue weighted by Gasteiger charge is -2.26. The molecule has 0 radical (unpaired) electrons. The van der Waals surface area contributed by atoms with E-state index in [4.69, 9.17) is 9.15 Å². The molecule has 0 aliphatic carbocycles. The van der Waals surface area contributed by atoms with Crippen molar-refractivity contribution in [3.63, 3.8) is 0 Å². The maximum absolute atomic E-state index is 12.9. The number of furan rings is 1. The SMILES string of the molecule is COc1cc(S(=O)(=O)N2CCCCC2)cc(C(=O)NCc2ccco2)c1O. The minimum atomic E-state index is -3.78. The topological polar surface area (TPSA) is 109 Å². The number of carbonyl (C=O) groups is 1. The molecule has 3 rings (SSSR count). The van der Waals surface area contributed by atoms with Gasteiger partial charge in [-0.05, 0) is 31.0 Å². The normalized spacial score (nSPS) is 15.4. The fourth-order valence-electron chi connectivity index (χ4n) is 2.99. The van der Waals surface area contributed by atoms with Crippen LogP contribution in [0.5, 0.6) is 11.5 Å². The zero-order chi connectivity index (χ0) is 19.4. The molecule has 146 valence electrons. The molecule has 0 saturated carbocycles. The molecule has 1 aliphatic heterocycles. The minimum absolute atomic E-state index is 0.0729. The number of phenols is 1. The van der Waals surface area contributed by atoms with E-state index < -0.39 is 21.7 Å². The Morgan fingerprint density at radius 2 is 2.04 bits per heavy atom. The summed E-state index contributed by atoms with van der Waals surface area (Å²) in [4.78, 5) is 12.4. The highest BCUT2D eigenvalue weighted by Crippen LogP contribution is 2.34. The molecule has 1 fully saturated rings. The second-order valence-electron chi connectivity index (χ2n) is 6.25. The van der Waals surface area contributed by atoms with Crippen molar-refractivity contribution < 1.29 is 27.5 Å². The van der Waals surface area contributed by atoms with Gasteiger partial charge in [0, 0.05) is 19.2 Å². The van der Waals surface area contributed by atoms with E-state index in [1.54, 1.807) is 12.1 Å². The molecule has 2 N–H and O–H groups in total. The zero-order valence-electron chi connectivity index (χ0n) is 15.0. The Balaban J connectivity index is 1.91. The molecule has 0 bridgehead atoms. The molecule has 27 heavy (non-hydrogen) atoms. The van der Waals surface area contributed by atoms with E-state index >= 15 is 0 Å². The fourth-order valence-corrected chi connectivity index (χ4v) is 4.55. The highest BCUT2D eigenvalue weighted by Gasteiger charge is 2.29. The summed E-state index contributed by atoms with van der Waals surface area (Å²) in [6, 6.07) is 5.80. The van der Waals surface area contributed by atoms with Crippen molar-refractivity contribution in [3.8, 4) is 11.5 Å². The average Bonchev–Trinajstić information content (AvgIpc) is 3.20. The van der Waals surface area contributed by atoms with Crippen LogP contribution in [0.15, 0.2) is 39.8 Å². The molecule has 1 saturated heterocycles. The predicted molar refractivity (Wildman–Crippen MR) is 97.1 cm³/mol. The van der Waals surface area contributed by atoms with Crippen molar-refractivity contribution >= 4 is 15.9 Å². The third kappa shape index (κ3) is 4.09. The quantitative estimate of drug-likeness (QED) is 0.777. The Hall–Kier alpha value is -2.52. The van der Waals surface area contributed by atoms with Gasteiger partial charge in [0.1, 0.15) is 5.76 Å². The van der Waals surface area contributed by atoms with Crippen LogP contribution in [-0.2, 0) is 16.6 Å². The van der Waals surface area contributed by atoms with E-state index in [1.807, 2.05) is 0 Å². The number of rotatable bonds is 6. The van der Waals surface area contributed by atoms with Crippen LogP contribution in [0.4, 0.5) is 0 Å². The number of hydrogen-bond acceptors (Lipinski definition) is 6. The number of nitrogens with one attached hydrogen (secondary N) is 1. The van der Waals surface area contributed by atoms with E-state index in [9.17, 15) is 18.3 Å². The molecule has 1 aromatic carbocycles. The molecular formula is C18H22N2O6S. The predicted octanol–water partition coefficient (Wildman–Crippen LogP) is 2.10. The van der Waals surface area contributed by atoms with Crippen molar-refractivity contribution in [2.24, 2.45) is 0 Å². The van der Waals surface area contributed by atoms with Crippen LogP contribution in [0.1, 0.15) is 35.4 Å². The molecule has 1 aromatic heterocycles. The van der Waals surface area contributed by atoms with Gasteiger partial charge in [0.05, 0.1) is 30.4 Å². The lowest BCUT2D eigenvalue weighted by atomic mass is 10.1. The van der Waals surface area contributed by atoms with Crippen molar-refractivity contribution in [1.82, 2.24) is 9.62 Å².